The molecule has 19 heavy (non-hydrogen) atoms. The molecule has 3 heterocycles. The second-order valence-corrected chi connectivity index (χ2v) is 5.93. The van der Waals surface area contributed by atoms with Crippen LogP contribution in [-0.2, 0) is 9.53 Å². The van der Waals surface area contributed by atoms with Crippen LogP contribution in [-0.4, -0.2) is 49.7 Å². The first-order chi connectivity index (χ1) is 8.84. The SMILES string of the molecule is Cl.O=C(C[C@H]1OC[C@H]2CNCC[C@H]21)N1CCCCC1. The van der Waals surface area contributed by atoms with Crippen molar-refractivity contribution >= 4 is 18.3 Å². The van der Waals surface area contributed by atoms with Gasteiger partial charge in [0.05, 0.1) is 19.1 Å². The monoisotopic (exact) mass is 288 g/mol. The Balaban J connectivity index is 0.00000133. The molecule has 3 saturated heterocycles. The number of fused-ring (bicyclic) bond motifs is 1. The second kappa shape index (κ2) is 6.91. The van der Waals surface area contributed by atoms with Crippen LogP contribution in [0.3, 0.4) is 0 Å². The van der Waals surface area contributed by atoms with Crippen molar-refractivity contribution in [1.29, 1.82) is 0 Å². The number of likely N-dealkylation sites (tertiary alicyclic amines) is 1. The number of piperidine rings is 2. The fraction of sp³-hybridized carbons (Fsp3) is 0.929. The number of hydrogen-bond acceptors (Lipinski definition) is 3. The van der Waals surface area contributed by atoms with Gasteiger partial charge in [-0.1, -0.05) is 0 Å². The van der Waals surface area contributed by atoms with E-state index in [0.29, 0.717) is 24.2 Å². The maximum absolute atomic E-state index is 12.3. The summed E-state index contributed by atoms with van der Waals surface area (Å²) in [5, 5.41) is 3.42. The lowest BCUT2D eigenvalue weighted by atomic mass is 9.84. The van der Waals surface area contributed by atoms with Gasteiger partial charge in [0.2, 0.25) is 5.91 Å². The van der Waals surface area contributed by atoms with Gasteiger partial charge in [-0.3, -0.25) is 4.79 Å². The first kappa shape index (κ1) is 15.1. The summed E-state index contributed by atoms with van der Waals surface area (Å²) in [6, 6.07) is 0. The topological polar surface area (TPSA) is 41.6 Å². The number of rotatable bonds is 2. The van der Waals surface area contributed by atoms with Gasteiger partial charge in [0.25, 0.3) is 0 Å². The molecule has 0 unspecified atom stereocenters. The van der Waals surface area contributed by atoms with Crippen LogP contribution in [0.1, 0.15) is 32.1 Å². The van der Waals surface area contributed by atoms with Crippen molar-refractivity contribution in [2.24, 2.45) is 11.8 Å². The van der Waals surface area contributed by atoms with Crippen molar-refractivity contribution in [3.05, 3.63) is 0 Å². The van der Waals surface area contributed by atoms with Crippen LogP contribution < -0.4 is 5.32 Å². The standard InChI is InChI=1S/C14H24N2O2.ClH/c17-14(16-6-2-1-3-7-16)8-13-12-4-5-15-9-11(12)10-18-13;/h11-13,15H,1-10H2;1H/t11-,12-,13-;/m1./s1. The summed E-state index contributed by atoms with van der Waals surface area (Å²) in [6.07, 6.45) is 5.59. The summed E-state index contributed by atoms with van der Waals surface area (Å²) >= 11 is 0. The smallest absolute Gasteiger partial charge is 0.225 e. The zero-order chi connectivity index (χ0) is 12.4. The quantitative estimate of drug-likeness (QED) is 0.836. The van der Waals surface area contributed by atoms with Crippen LogP contribution in [0.5, 0.6) is 0 Å². The summed E-state index contributed by atoms with van der Waals surface area (Å²) in [6.45, 7) is 4.91. The highest BCUT2D eigenvalue weighted by Gasteiger charge is 2.39. The van der Waals surface area contributed by atoms with Crippen molar-refractivity contribution in [2.45, 2.75) is 38.2 Å². The highest BCUT2D eigenvalue weighted by atomic mass is 35.5. The Bertz CT molecular complexity index is 308. The Labute approximate surface area is 121 Å². The number of ether oxygens (including phenoxy) is 1. The molecule has 1 N–H and O–H groups in total. The molecule has 3 aliphatic heterocycles. The summed E-state index contributed by atoms with van der Waals surface area (Å²) in [5.74, 6) is 1.57. The fourth-order valence-corrected chi connectivity index (χ4v) is 3.64. The lowest BCUT2D eigenvalue weighted by Crippen LogP contribution is -2.41. The molecule has 0 aliphatic carbocycles. The molecular formula is C14H25ClN2O2. The molecule has 3 fully saturated rings. The number of halogens is 1. The number of carbonyl (C=O) groups excluding carboxylic acids is 1. The van der Waals surface area contributed by atoms with Crippen LogP contribution in [0.25, 0.3) is 0 Å². The van der Waals surface area contributed by atoms with Crippen LogP contribution in [0.2, 0.25) is 0 Å². The largest absolute Gasteiger partial charge is 0.377 e. The van der Waals surface area contributed by atoms with E-state index < -0.39 is 0 Å². The third kappa shape index (κ3) is 3.41. The van der Waals surface area contributed by atoms with Gasteiger partial charge >= 0.3 is 0 Å². The van der Waals surface area contributed by atoms with E-state index in [-0.39, 0.29) is 18.5 Å². The van der Waals surface area contributed by atoms with Crippen LogP contribution in [0.4, 0.5) is 0 Å². The molecule has 0 spiro atoms. The average molecular weight is 289 g/mol. The predicted octanol–water partition coefficient (Wildman–Crippen LogP) is 1.44. The van der Waals surface area contributed by atoms with Crippen LogP contribution in [0.15, 0.2) is 0 Å². The van der Waals surface area contributed by atoms with E-state index >= 15 is 0 Å². The normalized spacial score (nSPS) is 34.5. The summed E-state index contributed by atoms with van der Waals surface area (Å²) < 4.78 is 5.87. The molecule has 0 aromatic rings. The molecule has 5 heteroatoms. The third-order valence-corrected chi connectivity index (χ3v) is 4.75. The summed E-state index contributed by atoms with van der Waals surface area (Å²) in [5.41, 5.74) is 0. The molecule has 0 radical (unpaired) electrons. The number of nitrogens with one attached hydrogen (secondary N) is 1. The van der Waals surface area contributed by atoms with Crippen molar-refractivity contribution in [2.75, 3.05) is 32.8 Å². The third-order valence-electron chi connectivity index (χ3n) is 4.75. The van der Waals surface area contributed by atoms with Gasteiger partial charge in [0.1, 0.15) is 0 Å². The van der Waals surface area contributed by atoms with Crippen LogP contribution >= 0.6 is 12.4 Å². The number of amides is 1. The van der Waals surface area contributed by atoms with Crippen molar-refractivity contribution < 1.29 is 9.53 Å². The maximum Gasteiger partial charge on any atom is 0.225 e. The Morgan fingerprint density at radius 2 is 2.05 bits per heavy atom. The lowest BCUT2D eigenvalue weighted by molar-refractivity contribution is -0.134. The fourth-order valence-electron chi connectivity index (χ4n) is 3.64. The van der Waals surface area contributed by atoms with E-state index in [1.54, 1.807) is 0 Å². The summed E-state index contributed by atoms with van der Waals surface area (Å²) in [7, 11) is 0. The number of carbonyl (C=O) groups is 1. The minimum Gasteiger partial charge on any atom is -0.377 e. The molecule has 4 nitrogen and oxygen atoms in total. The summed E-state index contributed by atoms with van der Waals surface area (Å²) in [4.78, 5) is 14.3. The molecule has 0 aromatic carbocycles. The minimum atomic E-state index is 0. The van der Waals surface area contributed by atoms with Gasteiger partial charge in [-0.2, -0.15) is 0 Å². The van der Waals surface area contributed by atoms with Gasteiger partial charge < -0.3 is 15.0 Å². The predicted molar refractivity (Wildman–Crippen MR) is 76.5 cm³/mol. The van der Waals surface area contributed by atoms with Gasteiger partial charge in [-0.05, 0) is 38.1 Å². The number of nitrogens with zero attached hydrogens (tertiary/aromatic N) is 1. The van der Waals surface area contributed by atoms with E-state index in [1.807, 2.05) is 4.90 Å². The molecule has 3 aliphatic rings. The number of hydrogen-bond donors (Lipinski definition) is 1. The average Bonchev–Trinajstić information content (AvgIpc) is 2.83. The maximum atomic E-state index is 12.3. The van der Waals surface area contributed by atoms with Crippen LogP contribution in [0, 0.1) is 11.8 Å². The van der Waals surface area contributed by atoms with E-state index in [1.165, 1.54) is 25.7 Å². The molecular weight excluding hydrogens is 264 g/mol. The molecule has 0 bridgehead atoms. The molecule has 3 atom stereocenters. The molecule has 1 amide bonds. The van der Waals surface area contributed by atoms with E-state index in [9.17, 15) is 4.79 Å². The van der Waals surface area contributed by atoms with Gasteiger partial charge in [-0.25, -0.2) is 0 Å². The molecule has 0 saturated carbocycles. The highest BCUT2D eigenvalue weighted by Crippen LogP contribution is 2.33. The first-order valence-electron chi connectivity index (χ1n) is 7.44. The van der Waals surface area contributed by atoms with E-state index in [2.05, 4.69) is 5.32 Å². The molecule has 110 valence electrons. The Kier molecular flexibility index (Phi) is 5.48. The van der Waals surface area contributed by atoms with Crippen molar-refractivity contribution in [3.63, 3.8) is 0 Å². The molecule has 3 rings (SSSR count). The lowest BCUT2D eigenvalue weighted by Gasteiger charge is -2.30. The zero-order valence-electron chi connectivity index (χ0n) is 11.5. The van der Waals surface area contributed by atoms with Gasteiger partial charge in [0.15, 0.2) is 0 Å². The van der Waals surface area contributed by atoms with Gasteiger partial charge in [0, 0.05) is 25.6 Å². The Morgan fingerprint density at radius 1 is 1.26 bits per heavy atom. The zero-order valence-corrected chi connectivity index (χ0v) is 12.3. The van der Waals surface area contributed by atoms with E-state index in [4.69, 9.17) is 4.74 Å². The van der Waals surface area contributed by atoms with Crippen molar-refractivity contribution in [3.8, 4) is 0 Å². The first-order valence-corrected chi connectivity index (χ1v) is 7.44. The van der Waals surface area contributed by atoms with E-state index in [0.717, 1.165) is 32.8 Å². The van der Waals surface area contributed by atoms with Crippen molar-refractivity contribution in [1.82, 2.24) is 10.2 Å². The molecule has 0 aromatic heterocycles. The minimum absolute atomic E-state index is 0. The highest BCUT2D eigenvalue weighted by molar-refractivity contribution is 5.85. The second-order valence-electron chi connectivity index (χ2n) is 5.93. The van der Waals surface area contributed by atoms with Gasteiger partial charge in [-0.15, -0.1) is 12.4 Å². The Morgan fingerprint density at radius 3 is 2.84 bits per heavy atom. The Hall–Kier alpha value is -0.320.